The molecule has 1 amide bonds. The molecule has 0 spiro atoms. The lowest BCUT2D eigenvalue weighted by molar-refractivity contribution is -0.128. The van der Waals surface area contributed by atoms with Gasteiger partial charge >= 0.3 is 0 Å². The van der Waals surface area contributed by atoms with Crippen molar-refractivity contribution in [3.8, 4) is 6.07 Å². The summed E-state index contributed by atoms with van der Waals surface area (Å²) in [5, 5.41) is 12.1. The summed E-state index contributed by atoms with van der Waals surface area (Å²) in [6.45, 7) is 4.03. The van der Waals surface area contributed by atoms with Crippen molar-refractivity contribution >= 4 is 27.5 Å². The van der Waals surface area contributed by atoms with Gasteiger partial charge in [0.15, 0.2) is 0 Å². The number of nitriles is 1. The van der Waals surface area contributed by atoms with Gasteiger partial charge in [0.05, 0.1) is 11.8 Å². The van der Waals surface area contributed by atoms with Crippen LogP contribution in [0, 0.1) is 29.6 Å². The standard InChI is InChI=1S/C14H15BrN2O/c1-9-3-4-11(15)12(5-9)17-13(18)14(8-16)6-10(2)7-14/h3-5,10H,6-7H2,1-2H3,(H,17,18). The number of anilines is 1. The first-order chi connectivity index (χ1) is 8.47. The molecule has 2 rings (SSSR count). The van der Waals surface area contributed by atoms with Crippen molar-refractivity contribution in [2.75, 3.05) is 5.32 Å². The van der Waals surface area contributed by atoms with E-state index >= 15 is 0 Å². The monoisotopic (exact) mass is 306 g/mol. The lowest BCUT2D eigenvalue weighted by Crippen LogP contribution is -2.45. The third-order valence-corrected chi connectivity index (χ3v) is 4.10. The number of carbonyl (C=O) groups excluding carboxylic acids is 1. The zero-order chi connectivity index (χ0) is 13.3. The van der Waals surface area contributed by atoms with E-state index in [-0.39, 0.29) is 5.91 Å². The molecule has 1 saturated carbocycles. The van der Waals surface area contributed by atoms with E-state index in [1.165, 1.54) is 0 Å². The van der Waals surface area contributed by atoms with Crippen LogP contribution in [0.4, 0.5) is 5.69 Å². The van der Waals surface area contributed by atoms with Crippen LogP contribution in [-0.2, 0) is 4.79 Å². The van der Waals surface area contributed by atoms with Crippen molar-refractivity contribution < 1.29 is 4.79 Å². The van der Waals surface area contributed by atoms with Crippen LogP contribution in [0.15, 0.2) is 22.7 Å². The van der Waals surface area contributed by atoms with Gasteiger partial charge in [0, 0.05) is 4.47 Å². The lowest BCUT2D eigenvalue weighted by atomic mass is 9.63. The van der Waals surface area contributed by atoms with Crippen LogP contribution in [-0.4, -0.2) is 5.91 Å². The molecule has 18 heavy (non-hydrogen) atoms. The number of rotatable bonds is 2. The lowest BCUT2D eigenvalue weighted by Gasteiger charge is -2.39. The number of hydrogen-bond donors (Lipinski definition) is 1. The Morgan fingerprint density at radius 3 is 2.78 bits per heavy atom. The minimum Gasteiger partial charge on any atom is -0.324 e. The Morgan fingerprint density at radius 1 is 1.56 bits per heavy atom. The molecular formula is C14H15BrN2O. The largest absolute Gasteiger partial charge is 0.324 e. The van der Waals surface area contributed by atoms with Gasteiger partial charge in [-0.1, -0.05) is 13.0 Å². The Morgan fingerprint density at radius 2 is 2.22 bits per heavy atom. The number of halogens is 1. The first kappa shape index (κ1) is 13.1. The summed E-state index contributed by atoms with van der Waals surface area (Å²) >= 11 is 3.40. The number of aryl methyl sites for hydroxylation is 1. The smallest absolute Gasteiger partial charge is 0.244 e. The number of amides is 1. The van der Waals surface area contributed by atoms with E-state index in [9.17, 15) is 10.1 Å². The van der Waals surface area contributed by atoms with Gasteiger partial charge in [0.25, 0.3) is 0 Å². The van der Waals surface area contributed by atoms with E-state index < -0.39 is 5.41 Å². The van der Waals surface area contributed by atoms with E-state index in [0.717, 1.165) is 15.7 Å². The fraction of sp³-hybridized carbons (Fsp3) is 0.429. The second kappa shape index (κ2) is 4.74. The highest BCUT2D eigenvalue weighted by atomic mass is 79.9. The van der Waals surface area contributed by atoms with E-state index in [4.69, 9.17) is 0 Å². The topological polar surface area (TPSA) is 52.9 Å². The van der Waals surface area contributed by atoms with Gasteiger partial charge in [0.1, 0.15) is 5.41 Å². The highest BCUT2D eigenvalue weighted by molar-refractivity contribution is 9.10. The minimum absolute atomic E-state index is 0.186. The molecule has 3 nitrogen and oxygen atoms in total. The molecule has 1 aliphatic carbocycles. The molecule has 0 radical (unpaired) electrons. The average molecular weight is 307 g/mol. The third kappa shape index (κ3) is 2.28. The quantitative estimate of drug-likeness (QED) is 0.907. The van der Waals surface area contributed by atoms with E-state index in [1.807, 2.05) is 25.1 Å². The van der Waals surface area contributed by atoms with Crippen LogP contribution < -0.4 is 5.32 Å². The van der Waals surface area contributed by atoms with Gasteiger partial charge < -0.3 is 5.32 Å². The zero-order valence-electron chi connectivity index (χ0n) is 10.5. The molecule has 0 bridgehead atoms. The molecule has 0 atom stereocenters. The van der Waals surface area contributed by atoms with Gasteiger partial charge in [-0.3, -0.25) is 4.79 Å². The summed E-state index contributed by atoms with van der Waals surface area (Å²) in [4.78, 5) is 12.2. The predicted octanol–water partition coefficient (Wildman–Crippen LogP) is 3.64. The molecule has 1 aromatic carbocycles. The highest BCUT2D eigenvalue weighted by Crippen LogP contribution is 2.45. The van der Waals surface area contributed by atoms with Crippen LogP contribution in [0.2, 0.25) is 0 Å². The zero-order valence-corrected chi connectivity index (χ0v) is 12.0. The minimum atomic E-state index is -0.831. The van der Waals surface area contributed by atoms with Crippen LogP contribution in [0.25, 0.3) is 0 Å². The Hall–Kier alpha value is -1.34. The Bertz CT molecular complexity index is 527. The van der Waals surface area contributed by atoms with Crippen molar-refractivity contribution in [2.45, 2.75) is 26.7 Å². The van der Waals surface area contributed by atoms with Gasteiger partial charge in [-0.15, -0.1) is 0 Å². The maximum Gasteiger partial charge on any atom is 0.244 e. The number of hydrogen-bond acceptors (Lipinski definition) is 2. The van der Waals surface area contributed by atoms with Gasteiger partial charge in [-0.2, -0.15) is 5.26 Å². The summed E-state index contributed by atoms with van der Waals surface area (Å²) < 4.78 is 0.835. The number of carbonyl (C=O) groups is 1. The van der Waals surface area contributed by atoms with Gasteiger partial charge in [0.2, 0.25) is 5.91 Å². The molecule has 94 valence electrons. The highest BCUT2D eigenvalue weighted by Gasteiger charge is 2.49. The maximum atomic E-state index is 12.2. The predicted molar refractivity (Wildman–Crippen MR) is 74.0 cm³/mol. The maximum absolute atomic E-state index is 12.2. The number of benzene rings is 1. The van der Waals surface area contributed by atoms with Gasteiger partial charge in [-0.05, 0) is 59.3 Å². The van der Waals surface area contributed by atoms with E-state index in [2.05, 4.69) is 34.2 Å². The molecule has 1 fully saturated rings. The normalized spacial score (nSPS) is 26.0. The van der Waals surface area contributed by atoms with Crippen molar-refractivity contribution in [3.05, 3.63) is 28.2 Å². The molecular weight excluding hydrogens is 292 g/mol. The molecule has 0 aliphatic heterocycles. The average Bonchev–Trinajstić information content (AvgIpc) is 2.29. The van der Waals surface area contributed by atoms with Crippen molar-refractivity contribution in [2.24, 2.45) is 11.3 Å². The summed E-state index contributed by atoms with van der Waals surface area (Å²) in [5.74, 6) is 0.269. The molecule has 0 saturated heterocycles. The number of nitrogens with one attached hydrogen (secondary N) is 1. The Balaban J connectivity index is 2.17. The van der Waals surface area contributed by atoms with Crippen LogP contribution in [0.5, 0.6) is 0 Å². The van der Waals surface area contributed by atoms with Gasteiger partial charge in [-0.25, -0.2) is 0 Å². The fourth-order valence-electron chi connectivity index (χ4n) is 2.43. The molecule has 0 aromatic heterocycles. The summed E-state index contributed by atoms with van der Waals surface area (Å²) in [6, 6.07) is 7.93. The summed E-state index contributed by atoms with van der Waals surface area (Å²) in [5.41, 5.74) is 0.971. The molecule has 4 heteroatoms. The van der Waals surface area contributed by atoms with Crippen molar-refractivity contribution in [3.63, 3.8) is 0 Å². The fourth-order valence-corrected chi connectivity index (χ4v) is 2.78. The van der Waals surface area contributed by atoms with Crippen LogP contribution >= 0.6 is 15.9 Å². The summed E-state index contributed by atoms with van der Waals surface area (Å²) in [7, 11) is 0. The third-order valence-electron chi connectivity index (χ3n) is 3.41. The first-order valence-electron chi connectivity index (χ1n) is 5.96. The second-order valence-electron chi connectivity index (χ2n) is 5.14. The molecule has 1 aliphatic rings. The number of nitrogens with zero attached hydrogens (tertiary/aromatic N) is 1. The molecule has 0 unspecified atom stereocenters. The van der Waals surface area contributed by atoms with E-state index in [0.29, 0.717) is 18.8 Å². The van der Waals surface area contributed by atoms with Crippen LogP contribution in [0.1, 0.15) is 25.3 Å². The Labute approximate surface area is 115 Å². The Kier molecular flexibility index (Phi) is 3.45. The van der Waals surface area contributed by atoms with E-state index in [1.54, 1.807) is 0 Å². The first-order valence-corrected chi connectivity index (χ1v) is 6.75. The van der Waals surface area contributed by atoms with Crippen molar-refractivity contribution in [1.29, 1.82) is 5.26 Å². The molecule has 1 aromatic rings. The summed E-state index contributed by atoms with van der Waals surface area (Å²) in [6.07, 6.45) is 1.30. The van der Waals surface area contributed by atoms with Crippen LogP contribution in [0.3, 0.4) is 0 Å². The SMILES string of the molecule is Cc1ccc(Br)c(NC(=O)C2(C#N)CC(C)C2)c1. The molecule has 1 N–H and O–H groups in total. The molecule has 0 heterocycles. The second-order valence-corrected chi connectivity index (χ2v) is 6.00. The van der Waals surface area contributed by atoms with Crippen molar-refractivity contribution in [1.82, 2.24) is 0 Å².